The van der Waals surface area contributed by atoms with Gasteiger partial charge in [0.2, 0.25) is 0 Å². The first-order valence-corrected chi connectivity index (χ1v) is 6.91. The minimum atomic E-state index is -0.354. The van der Waals surface area contributed by atoms with E-state index < -0.39 is 0 Å². The van der Waals surface area contributed by atoms with Gasteiger partial charge in [-0.15, -0.1) is 0 Å². The minimum Gasteiger partial charge on any atom is -0.489 e. The molecule has 0 bridgehead atoms. The molecule has 0 radical (unpaired) electrons. The molecular formula is C16H17ClFNO. The number of para-hydroxylation sites is 1. The molecule has 0 saturated heterocycles. The van der Waals surface area contributed by atoms with Crippen molar-refractivity contribution in [2.24, 2.45) is 5.73 Å². The van der Waals surface area contributed by atoms with Gasteiger partial charge in [0.05, 0.1) is 5.02 Å². The third kappa shape index (κ3) is 3.50. The molecule has 0 spiro atoms. The molecule has 0 aliphatic rings. The molecule has 0 amide bonds. The molecule has 0 heterocycles. The molecule has 2 aromatic carbocycles. The molecule has 0 saturated carbocycles. The summed E-state index contributed by atoms with van der Waals surface area (Å²) in [6.45, 7) is 2.31. The Bertz CT molecular complexity index is 588. The van der Waals surface area contributed by atoms with Gasteiger partial charge in [0.1, 0.15) is 18.2 Å². The molecule has 1 atom stereocenters. The SMILES string of the molecule is CC[C@H](N)c1ccccc1OCc1ccc(F)cc1Cl. The Kier molecular flexibility index (Phi) is 4.99. The first kappa shape index (κ1) is 14.8. The Hall–Kier alpha value is -1.58. The van der Waals surface area contributed by atoms with Crippen LogP contribution in [-0.2, 0) is 6.61 Å². The molecule has 20 heavy (non-hydrogen) atoms. The lowest BCUT2D eigenvalue weighted by molar-refractivity contribution is 0.300. The Balaban J connectivity index is 2.15. The number of ether oxygens (including phenoxy) is 1. The fourth-order valence-corrected chi connectivity index (χ4v) is 2.15. The largest absolute Gasteiger partial charge is 0.489 e. The molecule has 2 aromatic rings. The lowest BCUT2D eigenvalue weighted by Crippen LogP contribution is -2.10. The Morgan fingerprint density at radius 1 is 1.25 bits per heavy atom. The van der Waals surface area contributed by atoms with E-state index in [4.69, 9.17) is 22.1 Å². The van der Waals surface area contributed by atoms with Crippen LogP contribution in [0.25, 0.3) is 0 Å². The van der Waals surface area contributed by atoms with Gasteiger partial charge >= 0.3 is 0 Å². The highest BCUT2D eigenvalue weighted by atomic mass is 35.5. The van der Waals surface area contributed by atoms with Gasteiger partial charge in [0.25, 0.3) is 0 Å². The van der Waals surface area contributed by atoms with E-state index in [0.29, 0.717) is 5.02 Å². The molecule has 106 valence electrons. The highest BCUT2D eigenvalue weighted by Gasteiger charge is 2.10. The molecule has 0 aliphatic heterocycles. The molecule has 2 nitrogen and oxygen atoms in total. The number of benzene rings is 2. The molecule has 0 fully saturated rings. The van der Waals surface area contributed by atoms with Crippen molar-refractivity contribution in [2.75, 3.05) is 0 Å². The quantitative estimate of drug-likeness (QED) is 0.883. The number of nitrogens with two attached hydrogens (primary N) is 1. The van der Waals surface area contributed by atoms with Crippen molar-refractivity contribution in [3.05, 3.63) is 64.4 Å². The van der Waals surface area contributed by atoms with E-state index in [2.05, 4.69) is 0 Å². The van der Waals surface area contributed by atoms with Crippen LogP contribution < -0.4 is 10.5 Å². The Morgan fingerprint density at radius 3 is 2.70 bits per heavy atom. The average molecular weight is 294 g/mol. The molecule has 0 aromatic heterocycles. The first-order chi connectivity index (χ1) is 9.61. The van der Waals surface area contributed by atoms with Crippen molar-refractivity contribution in [3.63, 3.8) is 0 Å². The molecule has 2 N–H and O–H groups in total. The van der Waals surface area contributed by atoms with Gasteiger partial charge in [-0.1, -0.05) is 42.8 Å². The van der Waals surface area contributed by atoms with Gasteiger partial charge in [0, 0.05) is 17.2 Å². The van der Waals surface area contributed by atoms with Gasteiger partial charge in [-0.25, -0.2) is 4.39 Å². The van der Waals surface area contributed by atoms with Crippen molar-refractivity contribution < 1.29 is 9.13 Å². The first-order valence-electron chi connectivity index (χ1n) is 6.53. The predicted molar refractivity (Wildman–Crippen MR) is 79.4 cm³/mol. The van der Waals surface area contributed by atoms with Crippen LogP contribution in [-0.4, -0.2) is 0 Å². The zero-order chi connectivity index (χ0) is 14.5. The normalized spacial score (nSPS) is 12.2. The van der Waals surface area contributed by atoms with Crippen LogP contribution in [0, 0.1) is 5.82 Å². The average Bonchev–Trinajstić information content (AvgIpc) is 2.46. The van der Waals surface area contributed by atoms with Gasteiger partial charge in [-0.2, -0.15) is 0 Å². The topological polar surface area (TPSA) is 35.2 Å². The second-order valence-electron chi connectivity index (χ2n) is 4.58. The van der Waals surface area contributed by atoms with Crippen LogP contribution in [0.3, 0.4) is 0 Å². The highest BCUT2D eigenvalue weighted by Crippen LogP contribution is 2.27. The van der Waals surface area contributed by atoms with Crippen molar-refractivity contribution >= 4 is 11.6 Å². The second-order valence-corrected chi connectivity index (χ2v) is 4.98. The Morgan fingerprint density at radius 2 is 2.00 bits per heavy atom. The highest BCUT2D eigenvalue weighted by molar-refractivity contribution is 6.31. The molecular weight excluding hydrogens is 277 g/mol. The van der Waals surface area contributed by atoms with Gasteiger partial charge in [0.15, 0.2) is 0 Å². The van der Waals surface area contributed by atoms with Crippen molar-refractivity contribution in [1.29, 1.82) is 0 Å². The summed E-state index contributed by atoms with van der Waals surface area (Å²) in [5.41, 5.74) is 7.77. The van der Waals surface area contributed by atoms with Gasteiger partial charge in [-0.05, 0) is 24.6 Å². The summed E-state index contributed by atoms with van der Waals surface area (Å²) in [5, 5.41) is 0.363. The van der Waals surface area contributed by atoms with E-state index >= 15 is 0 Å². The van der Waals surface area contributed by atoms with Crippen molar-refractivity contribution in [1.82, 2.24) is 0 Å². The standard InChI is InChI=1S/C16H17ClFNO/c1-2-15(19)13-5-3-4-6-16(13)20-10-11-7-8-12(18)9-14(11)17/h3-9,15H,2,10,19H2,1H3/t15-/m0/s1. The molecule has 0 unspecified atom stereocenters. The fourth-order valence-electron chi connectivity index (χ4n) is 1.93. The number of halogens is 2. The maximum Gasteiger partial charge on any atom is 0.124 e. The van der Waals surface area contributed by atoms with Crippen LogP contribution in [0.4, 0.5) is 4.39 Å². The summed E-state index contributed by atoms with van der Waals surface area (Å²) in [5.74, 6) is 0.384. The van der Waals surface area contributed by atoms with Crippen LogP contribution in [0.15, 0.2) is 42.5 Å². The number of hydrogen-bond acceptors (Lipinski definition) is 2. The van der Waals surface area contributed by atoms with Gasteiger partial charge < -0.3 is 10.5 Å². The van der Waals surface area contributed by atoms with Crippen LogP contribution >= 0.6 is 11.6 Å². The predicted octanol–water partition coefficient (Wildman–Crippen LogP) is 4.47. The monoisotopic (exact) mass is 293 g/mol. The van der Waals surface area contributed by atoms with E-state index in [-0.39, 0.29) is 18.5 Å². The third-order valence-electron chi connectivity index (χ3n) is 3.16. The van der Waals surface area contributed by atoms with Crippen molar-refractivity contribution in [3.8, 4) is 5.75 Å². The maximum atomic E-state index is 13.0. The van der Waals surface area contributed by atoms with E-state index in [1.165, 1.54) is 12.1 Å². The summed E-state index contributed by atoms with van der Waals surface area (Å²) in [4.78, 5) is 0. The molecule has 4 heteroatoms. The van der Waals surface area contributed by atoms with E-state index in [1.807, 2.05) is 31.2 Å². The third-order valence-corrected chi connectivity index (χ3v) is 3.51. The molecule has 0 aliphatic carbocycles. The lowest BCUT2D eigenvalue weighted by atomic mass is 10.0. The van der Waals surface area contributed by atoms with Crippen LogP contribution in [0.1, 0.15) is 30.5 Å². The summed E-state index contributed by atoms with van der Waals surface area (Å²) in [6, 6.07) is 11.9. The minimum absolute atomic E-state index is 0.0603. The maximum absolute atomic E-state index is 13.0. The van der Waals surface area contributed by atoms with E-state index in [0.717, 1.165) is 23.3 Å². The molecule has 2 rings (SSSR count). The summed E-state index contributed by atoms with van der Waals surface area (Å²) < 4.78 is 18.8. The Labute approximate surface area is 123 Å². The van der Waals surface area contributed by atoms with Crippen LogP contribution in [0.5, 0.6) is 5.75 Å². The second kappa shape index (κ2) is 6.73. The van der Waals surface area contributed by atoms with Crippen molar-refractivity contribution in [2.45, 2.75) is 26.0 Å². The summed E-state index contributed by atoms with van der Waals surface area (Å²) >= 11 is 5.98. The summed E-state index contributed by atoms with van der Waals surface area (Å²) in [7, 11) is 0. The van der Waals surface area contributed by atoms with E-state index in [1.54, 1.807) is 6.07 Å². The summed E-state index contributed by atoms with van der Waals surface area (Å²) in [6.07, 6.45) is 0.831. The van der Waals surface area contributed by atoms with Crippen LogP contribution in [0.2, 0.25) is 5.02 Å². The number of rotatable bonds is 5. The number of hydrogen-bond donors (Lipinski definition) is 1. The fraction of sp³-hybridized carbons (Fsp3) is 0.250. The smallest absolute Gasteiger partial charge is 0.124 e. The lowest BCUT2D eigenvalue weighted by Gasteiger charge is -2.16. The van der Waals surface area contributed by atoms with E-state index in [9.17, 15) is 4.39 Å². The zero-order valence-electron chi connectivity index (χ0n) is 11.3. The van der Waals surface area contributed by atoms with Gasteiger partial charge in [-0.3, -0.25) is 0 Å². The zero-order valence-corrected chi connectivity index (χ0v) is 12.0.